The van der Waals surface area contributed by atoms with E-state index in [2.05, 4.69) is 16.7 Å². The summed E-state index contributed by atoms with van der Waals surface area (Å²) >= 11 is 0. The van der Waals surface area contributed by atoms with E-state index in [4.69, 9.17) is 10.00 Å². The van der Waals surface area contributed by atoms with Crippen LogP contribution >= 0.6 is 0 Å². The monoisotopic (exact) mass is 353 g/mol. The number of ether oxygens (including phenoxy) is 1. The first kappa shape index (κ1) is 19.3. The van der Waals surface area contributed by atoms with E-state index < -0.39 is 0 Å². The van der Waals surface area contributed by atoms with E-state index in [1.54, 1.807) is 55.5 Å². The number of aliphatic hydroxyl groups excluding tert-OH is 1. The van der Waals surface area contributed by atoms with Crippen LogP contribution in [0.3, 0.4) is 0 Å². The molecular formula is C20H23N3O3. The maximum atomic E-state index is 11.9. The van der Waals surface area contributed by atoms with Crippen molar-refractivity contribution in [1.82, 2.24) is 5.32 Å². The van der Waals surface area contributed by atoms with Crippen molar-refractivity contribution in [1.29, 1.82) is 5.26 Å². The quantitative estimate of drug-likeness (QED) is 0.704. The van der Waals surface area contributed by atoms with Crippen LogP contribution < -0.4 is 15.4 Å². The molecule has 0 aromatic heterocycles. The van der Waals surface area contributed by atoms with E-state index in [9.17, 15) is 9.90 Å². The van der Waals surface area contributed by atoms with Gasteiger partial charge in [-0.2, -0.15) is 5.26 Å². The summed E-state index contributed by atoms with van der Waals surface area (Å²) in [6, 6.07) is 15.6. The minimum absolute atomic E-state index is 0.198. The molecule has 0 spiro atoms. The molecule has 6 heteroatoms. The molecule has 0 saturated carbocycles. The topological polar surface area (TPSA) is 94.4 Å². The zero-order valence-electron chi connectivity index (χ0n) is 14.9. The van der Waals surface area contributed by atoms with E-state index in [1.165, 1.54) is 0 Å². The van der Waals surface area contributed by atoms with Gasteiger partial charge in [0, 0.05) is 12.2 Å². The second-order valence-corrected chi connectivity index (χ2v) is 6.29. The van der Waals surface area contributed by atoms with Crippen LogP contribution in [0.5, 0.6) is 11.5 Å². The lowest BCUT2D eigenvalue weighted by molar-refractivity contribution is 0.163. The Morgan fingerprint density at radius 1 is 1.12 bits per heavy atom. The molecule has 0 radical (unpaired) electrons. The van der Waals surface area contributed by atoms with Crippen LogP contribution in [0.2, 0.25) is 0 Å². The standard InChI is InChI=1S/C20H23N3O3/c1-14(11-15(2)24)13-22-20(25)23-17-5-9-19(10-6-17)26-18-7-3-16(12-21)4-8-18/h3-10,14-15,24H,11,13H2,1-2H3,(H2,22,23,25). The first-order valence-electron chi connectivity index (χ1n) is 8.47. The van der Waals surface area contributed by atoms with Gasteiger partial charge < -0.3 is 20.5 Å². The molecule has 0 bridgehead atoms. The first-order valence-corrected chi connectivity index (χ1v) is 8.47. The number of nitrogens with zero attached hydrogens (tertiary/aromatic N) is 1. The molecule has 26 heavy (non-hydrogen) atoms. The van der Waals surface area contributed by atoms with Crippen LogP contribution in [0.4, 0.5) is 10.5 Å². The fraction of sp³-hybridized carbons (Fsp3) is 0.300. The average Bonchev–Trinajstić information content (AvgIpc) is 2.62. The number of amides is 2. The number of benzene rings is 2. The summed E-state index contributed by atoms with van der Waals surface area (Å²) in [6.07, 6.45) is 0.264. The van der Waals surface area contributed by atoms with Crippen molar-refractivity contribution in [2.75, 3.05) is 11.9 Å². The highest BCUT2D eigenvalue weighted by Crippen LogP contribution is 2.23. The predicted molar refractivity (Wildman–Crippen MR) is 100 cm³/mol. The van der Waals surface area contributed by atoms with Crippen molar-refractivity contribution in [3.8, 4) is 17.6 Å². The zero-order valence-corrected chi connectivity index (χ0v) is 14.9. The number of carbonyl (C=O) groups is 1. The summed E-state index contributed by atoms with van der Waals surface area (Å²) in [7, 11) is 0. The van der Waals surface area contributed by atoms with Crippen LogP contribution in [0.15, 0.2) is 48.5 Å². The Balaban J connectivity index is 1.82. The summed E-state index contributed by atoms with van der Waals surface area (Å²) in [5.41, 5.74) is 1.23. The van der Waals surface area contributed by atoms with Crippen molar-refractivity contribution in [3.05, 3.63) is 54.1 Å². The maximum absolute atomic E-state index is 11.9. The third-order valence-corrected chi connectivity index (χ3v) is 3.69. The largest absolute Gasteiger partial charge is 0.457 e. The lowest BCUT2D eigenvalue weighted by Gasteiger charge is -2.14. The SMILES string of the molecule is CC(O)CC(C)CNC(=O)Nc1ccc(Oc2ccc(C#N)cc2)cc1. The van der Waals surface area contributed by atoms with Gasteiger partial charge in [-0.25, -0.2) is 4.79 Å². The molecule has 0 saturated heterocycles. The summed E-state index contributed by atoms with van der Waals surface area (Å²) in [5, 5.41) is 23.6. The van der Waals surface area contributed by atoms with Gasteiger partial charge in [0.05, 0.1) is 17.7 Å². The molecule has 2 rings (SSSR count). The van der Waals surface area contributed by atoms with Crippen LogP contribution in [0.25, 0.3) is 0 Å². The van der Waals surface area contributed by atoms with Gasteiger partial charge in [-0.15, -0.1) is 0 Å². The minimum atomic E-state index is -0.376. The summed E-state index contributed by atoms with van der Waals surface area (Å²) in [5.74, 6) is 1.46. The lowest BCUT2D eigenvalue weighted by Crippen LogP contribution is -2.33. The van der Waals surface area contributed by atoms with Gasteiger partial charge in [0.25, 0.3) is 0 Å². The smallest absolute Gasteiger partial charge is 0.319 e. The number of hydrogen-bond donors (Lipinski definition) is 3. The van der Waals surface area contributed by atoms with E-state index in [-0.39, 0.29) is 18.1 Å². The minimum Gasteiger partial charge on any atom is -0.457 e. The fourth-order valence-electron chi connectivity index (χ4n) is 2.45. The van der Waals surface area contributed by atoms with Crippen LogP contribution in [0.1, 0.15) is 25.8 Å². The third-order valence-electron chi connectivity index (χ3n) is 3.69. The molecule has 2 atom stereocenters. The molecule has 6 nitrogen and oxygen atoms in total. The Kier molecular flexibility index (Phi) is 7.01. The molecular weight excluding hydrogens is 330 g/mol. The second-order valence-electron chi connectivity index (χ2n) is 6.29. The molecule has 0 aliphatic carbocycles. The zero-order chi connectivity index (χ0) is 18.9. The van der Waals surface area contributed by atoms with Gasteiger partial charge in [-0.1, -0.05) is 6.92 Å². The molecule has 136 valence electrons. The number of carbonyl (C=O) groups excluding carboxylic acids is 1. The van der Waals surface area contributed by atoms with Crippen LogP contribution in [0, 0.1) is 17.2 Å². The van der Waals surface area contributed by atoms with Gasteiger partial charge in [-0.05, 0) is 67.8 Å². The van der Waals surface area contributed by atoms with Crippen molar-refractivity contribution in [3.63, 3.8) is 0 Å². The third kappa shape index (κ3) is 6.46. The Morgan fingerprint density at radius 3 is 2.23 bits per heavy atom. The number of aliphatic hydroxyl groups is 1. The Bertz CT molecular complexity index is 749. The summed E-state index contributed by atoms with van der Waals surface area (Å²) < 4.78 is 5.69. The van der Waals surface area contributed by atoms with Crippen LogP contribution in [-0.4, -0.2) is 23.8 Å². The molecule has 0 heterocycles. The van der Waals surface area contributed by atoms with Gasteiger partial charge in [0.15, 0.2) is 0 Å². The lowest BCUT2D eigenvalue weighted by atomic mass is 10.1. The molecule has 0 aliphatic heterocycles. The van der Waals surface area contributed by atoms with Crippen molar-refractivity contribution in [2.45, 2.75) is 26.4 Å². The Labute approximate surface area is 153 Å². The molecule has 0 fully saturated rings. The molecule has 2 unspecified atom stereocenters. The van der Waals surface area contributed by atoms with E-state index in [0.29, 0.717) is 35.7 Å². The van der Waals surface area contributed by atoms with Crippen molar-refractivity contribution >= 4 is 11.7 Å². The van der Waals surface area contributed by atoms with Gasteiger partial charge in [0.1, 0.15) is 11.5 Å². The second kappa shape index (κ2) is 9.44. The van der Waals surface area contributed by atoms with Crippen molar-refractivity contribution < 1.29 is 14.6 Å². The molecule has 2 aromatic rings. The number of rotatable bonds is 7. The number of nitriles is 1. The Morgan fingerprint density at radius 2 is 1.69 bits per heavy atom. The molecule has 0 aliphatic rings. The average molecular weight is 353 g/mol. The number of urea groups is 1. The molecule has 3 N–H and O–H groups in total. The highest BCUT2D eigenvalue weighted by molar-refractivity contribution is 5.89. The highest BCUT2D eigenvalue weighted by Gasteiger charge is 2.08. The van der Waals surface area contributed by atoms with E-state index in [1.807, 2.05) is 6.92 Å². The first-order chi connectivity index (χ1) is 12.5. The van der Waals surface area contributed by atoms with E-state index >= 15 is 0 Å². The summed E-state index contributed by atoms with van der Waals surface area (Å²) in [6.45, 7) is 4.21. The predicted octanol–water partition coefficient (Wildman–Crippen LogP) is 3.88. The highest BCUT2D eigenvalue weighted by atomic mass is 16.5. The van der Waals surface area contributed by atoms with Gasteiger partial charge in [-0.3, -0.25) is 0 Å². The fourth-order valence-corrected chi connectivity index (χ4v) is 2.45. The van der Waals surface area contributed by atoms with E-state index in [0.717, 1.165) is 0 Å². The van der Waals surface area contributed by atoms with Crippen molar-refractivity contribution in [2.24, 2.45) is 5.92 Å². The maximum Gasteiger partial charge on any atom is 0.319 e. The van der Waals surface area contributed by atoms with Crippen LogP contribution in [-0.2, 0) is 0 Å². The number of nitrogens with one attached hydrogen (secondary N) is 2. The Hall–Kier alpha value is -3.04. The number of anilines is 1. The summed E-state index contributed by atoms with van der Waals surface area (Å²) in [4.78, 5) is 11.9. The normalized spacial score (nSPS) is 12.5. The van der Waals surface area contributed by atoms with Gasteiger partial charge >= 0.3 is 6.03 Å². The molecule has 2 amide bonds. The molecule has 2 aromatic carbocycles. The van der Waals surface area contributed by atoms with Gasteiger partial charge in [0.2, 0.25) is 0 Å². The number of hydrogen-bond acceptors (Lipinski definition) is 4.